The third kappa shape index (κ3) is 3.56. The fourth-order valence-electron chi connectivity index (χ4n) is 1.69. The summed E-state index contributed by atoms with van der Waals surface area (Å²) in [6, 6.07) is 11.0. The molecule has 2 rings (SSSR count). The third-order valence-electron chi connectivity index (χ3n) is 2.71. The number of anilines is 2. The number of nitrogens with one attached hydrogen (secondary N) is 2. The molecule has 0 fully saturated rings. The number of hydrogen-bond acceptors (Lipinski definition) is 5. The van der Waals surface area contributed by atoms with E-state index < -0.39 is 4.92 Å². The first-order valence-corrected chi connectivity index (χ1v) is 6.62. The predicted molar refractivity (Wildman–Crippen MR) is 83.0 cm³/mol. The number of hydrogen-bond donors (Lipinski definition) is 3. The maximum Gasteiger partial charge on any atom is 0.293 e. The van der Waals surface area contributed by atoms with E-state index in [1.54, 1.807) is 24.3 Å². The van der Waals surface area contributed by atoms with Crippen LogP contribution in [0.5, 0.6) is 0 Å². The second-order valence-electron chi connectivity index (χ2n) is 4.09. The lowest BCUT2D eigenvalue weighted by molar-refractivity contribution is -0.384. The van der Waals surface area contributed by atoms with Crippen molar-refractivity contribution >= 4 is 38.9 Å². The summed E-state index contributed by atoms with van der Waals surface area (Å²) in [5, 5.41) is 13.5. The molecule has 0 unspecified atom stereocenters. The second-order valence-corrected chi connectivity index (χ2v) is 5.01. The highest BCUT2D eigenvalue weighted by Gasteiger charge is 2.16. The standard InChI is InChI=1S/C13H11BrN4O3/c14-9-2-4-10(5-3-9)16-13(19)8-1-6-12(18(20)21)11(7-8)17-15/h1-7,17H,15H2,(H,16,19). The highest BCUT2D eigenvalue weighted by molar-refractivity contribution is 9.10. The monoisotopic (exact) mass is 350 g/mol. The second kappa shape index (κ2) is 6.33. The molecule has 0 aromatic heterocycles. The van der Waals surface area contributed by atoms with Gasteiger partial charge in [0.2, 0.25) is 0 Å². The number of hydrazine groups is 1. The maximum atomic E-state index is 12.1. The Morgan fingerprint density at radius 2 is 1.86 bits per heavy atom. The largest absolute Gasteiger partial charge is 0.322 e. The molecule has 0 aliphatic heterocycles. The third-order valence-corrected chi connectivity index (χ3v) is 3.24. The highest BCUT2D eigenvalue weighted by Crippen LogP contribution is 2.25. The molecule has 108 valence electrons. The van der Waals surface area contributed by atoms with E-state index in [0.717, 1.165) is 4.47 Å². The van der Waals surface area contributed by atoms with Gasteiger partial charge in [0.15, 0.2) is 0 Å². The Balaban J connectivity index is 2.23. The van der Waals surface area contributed by atoms with Crippen LogP contribution in [0.1, 0.15) is 10.4 Å². The summed E-state index contributed by atoms with van der Waals surface area (Å²) in [5.41, 5.74) is 2.97. The Hall–Kier alpha value is -2.45. The first-order valence-electron chi connectivity index (χ1n) is 5.83. The van der Waals surface area contributed by atoms with Crippen LogP contribution in [0.25, 0.3) is 0 Å². The summed E-state index contributed by atoms with van der Waals surface area (Å²) in [6.45, 7) is 0. The van der Waals surface area contributed by atoms with Crippen molar-refractivity contribution in [2.75, 3.05) is 10.7 Å². The molecular weight excluding hydrogens is 340 g/mol. The van der Waals surface area contributed by atoms with Crippen molar-refractivity contribution in [1.82, 2.24) is 0 Å². The van der Waals surface area contributed by atoms with Crippen LogP contribution in [-0.4, -0.2) is 10.8 Å². The maximum absolute atomic E-state index is 12.1. The van der Waals surface area contributed by atoms with E-state index in [1.165, 1.54) is 18.2 Å². The van der Waals surface area contributed by atoms with E-state index >= 15 is 0 Å². The lowest BCUT2D eigenvalue weighted by Gasteiger charge is -2.07. The molecule has 0 atom stereocenters. The van der Waals surface area contributed by atoms with Crippen molar-refractivity contribution in [3.8, 4) is 0 Å². The Labute approximate surface area is 128 Å². The number of rotatable bonds is 4. The zero-order valence-corrected chi connectivity index (χ0v) is 12.3. The van der Waals surface area contributed by atoms with Gasteiger partial charge in [0.1, 0.15) is 5.69 Å². The van der Waals surface area contributed by atoms with Crippen molar-refractivity contribution in [2.45, 2.75) is 0 Å². The van der Waals surface area contributed by atoms with Crippen LogP contribution in [0.4, 0.5) is 17.1 Å². The lowest BCUT2D eigenvalue weighted by Crippen LogP contribution is -2.14. The molecule has 0 saturated carbocycles. The Morgan fingerprint density at radius 3 is 2.43 bits per heavy atom. The van der Waals surface area contributed by atoms with Crippen LogP contribution in [0.3, 0.4) is 0 Å². The van der Waals surface area contributed by atoms with Crippen molar-refractivity contribution in [3.63, 3.8) is 0 Å². The molecule has 0 bridgehead atoms. The van der Waals surface area contributed by atoms with Crippen molar-refractivity contribution in [1.29, 1.82) is 0 Å². The van der Waals surface area contributed by atoms with Crippen molar-refractivity contribution in [2.24, 2.45) is 5.84 Å². The number of nitrogen functional groups attached to an aromatic ring is 1. The van der Waals surface area contributed by atoms with Crippen LogP contribution in [0, 0.1) is 10.1 Å². The Bertz CT molecular complexity index is 688. The SMILES string of the molecule is NNc1cc(C(=O)Nc2ccc(Br)cc2)ccc1[N+](=O)[O-]. The van der Waals surface area contributed by atoms with Crippen LogP contribution >= 0.6 is 15.9 Å². The molecule has 2 aromatic carbocycles. The first-order chi connectivity index (χ1) is 10.0. The van der Waals surface area contributed by atoms with Gasteiger partial charge in [-0.15, -0.1) is 0 Å². The van der Waals surface area contributed by atoms with Crippen LogP contribution in [-0.2, 0) is 0 Å². The van der Waals surface area contributed by atoms with Crippen LogP contribution in [0.2, 0.25) is 0 Å². The molecule has 8 heteroatoms. The molecule has 0 saturated heterocycles. The zero-order chi connectivity index (χ0) is 15.4. The van der Waals surface area contributed by atoms with Gasteiger partial charge in [-0.2, -0.15) is 0 Å². The number of benzene rings is 2. The molecule has 2 aromatic rings. The van der Waals surface area contributed by atoms with Gasteiger partial charge in [0.05, 0.1) is 4.92 Å². The van der Waals surface area contributed by atoms with Crippen molar-refractivity contribution in [3.05, 3.63) is 62.6 Å². The van der Waals surface area contributed by atoms with Gasteiger partial charge in [-0.1, -0.05) is 15.9 Å². The molecule has 21 heavy (non-hydrogen) atoms. The van der Waals surface area contributed by atoms with Crippen molar-refractivity contribution < 1.29 is 9.72 Å². The van der Waals surface area contributed by atoms with Gasteiger partial charge >= 0.3 is 0 Å². The minimum Gasteiger partial charge on any atom is -0.322 e. The fourth-order valence-corrected chi connectivity index (χ4v) is 1.95. The van der Waals surface area contributed by atoms with Gasteiger partial charge in [-0.25, -0.2) is 0 Å². The van der Waals surface area contributed by atoms with E-state index in [9.17, 15) is 14.9 Å². The highest BCUT2D eigenvalue weighted by atomic mass is 79.9. The normalized spacial score (nSPS) is 10.0. The number of nitro groups is 1. The number of nitrogens with zero attached hydrogens (tertiary/aromatic N) is 1. The van der Waals surface area contributed by atoms with E-state index in [0.29, 0.717) is 5.69 Å². The molecule has 0 aliphatic carbocycles. The summed E-state index contributed by atoms with van der Waals surface area (Å²) in [4.78, 5) is 22.3. The fraction of sp³-hybridized carbons (Fsp3) is 0. The average Bonchev–Trinajstić information content (AvgIpc) is 2.48. The Morgan fingerprint density at radius 1 is 1.19 bits per heavy atom. The van der Waals surface area contributed by atoms with Crippen LogP contribution < -0.4 is 16.6 Å². The number of nitrogens with two attached hydrogens (primary N) is 1. The quantitative estimate of drug-likeness (QED) is 0.446. The van der Waals surface area contributed by atoms with E-state index in [1.807, 2.05) is 0 Å². The van der Waals surface area contributed by atoms with E-state index in [2.05, 4.69) is 26.7 Å². The number of carbonyl (C=O) groups is 1. The summed E-state index contributed by atoms with van der Waals surface area (Å²) in [6.07, 6.45) is 0. The van der Waals surface area contributed by atoms with E-state index in [4.69, 9.17) is 5.84 Å². The molecule has 0 heterocycles. The van der Waals surface area contributed by atoms with Gasteiger partial charge in [0.25, 0.3) is 11.6 Å². The van der Waals surface area contributed by atoms with E-state index in [-0.39, 0.29) is 22.8 Å². The number of halogens is 1. The van der Waals surface area contributed by atoms with Crippen LogP contribution in [0.15, 0.2) is 46.9 Å². The smallest absolute Gasteiger partial charge is 0.293 e. The van der Waals surface area contributed by atoms with Gasteiger partial charge in [-0.05, 0) is 36.4 Å². The van der Waals surface area contributed by atoms with Gasteiger partial charge < -0.3 is 10.7 Å². The molecule has 0 spiro atoms. The molecule has 4 N–H and O–H groups in total. The molecular formula is C13H11BrN4O3. The molecule has 7 nitrogen and oxygen atoms in total. The Kier molecular flexibility index (Phi) is 4.51. The average molecular weight is 351 g/mol. The zero-order valence-electron chi connectivity index (χ0n) is 10.7. The molecule has 1 amide bonds. The summed E-state index contributed by atoms with van der Waals surface area (Å²) in [7, 11) is 0. The number of amides is 1. The predicted octanol–water partition coefficient (Wildman–Crippen LogP) is 2.90. The number of carbonyl (C=O) groups excluding carboxylic acids is 1. The summed E-state index contributed by atoms with van der Waals surface area (Å²) in [5.74, 6) is 4.85. The minimum absolute atomic E-state index is 0.0726. The van der Waals surface area contributed by atoms with Gasteiger partial charge in [-0.3, -0.25) is 20.8 Å². The first kappa shape index (κ1) is 14.9. The minimum atomic E-state index is -0.578. The number of nitro benzene ring substituents is 1. The molecule has 0 radical (unpaired) electrons. The lowest BCUT2D eigenvalue weighted by atomic mass is 10.1. The van der Waals surface area contributed by atoms with Gasteiger partial charge in [0, 0.05) is 21.8 Å². The molecule has 0 aliphatic rings. The summed E-state index contributed by atoms with van der Waals surface area (Å²) < 4.78 is 0.894. The topological polar surface area (TPSA) is 110 Å². The summed E-state index contributed by atoms with van der Waals surface area (Å²) >= 11 is 3.30.